The molecule has 0 spiro atoms. The largest absolute Gasteiger partial charge is 0.294 e. The van der Waals surface area contributed by atoms with Crippen molar-refractivity contribution in [1.82, 2.24) is 9.55 Å². The lowest BCUT2D eigenvalue weighted by Crippen LogP contribution is -2.27. The number of fused-ring (bicyclic) bond motifs is 3. The van der Waals surface area contributed by atoms with Gasteiger partial charge in [0.2, 0.25) is 5.95 Å². The zero-order valence-electron chi connectivity index (χ0n) is 13.0. The molecular weight excluding hydrogens is 284 g/mol. The number of nitrogen functional groups attached to an aromatic ring is 1. The Hall–Kier alpha value is -1.40. The van der Waals surface area contributed by atoms with Crippen molar-refractivity contribution in [2.45, 2.75) is 40.0 Å². The number of thiophene rings is 1. The van der Waals surface area contributed by atoms with Gasteiger partial charge >= 0.3 is 0 Å². The Balaban J connectivity index is 2.16. The van der Waals surface area contributed by atoms with Gasteiger partial charge in [0.05, 0.1) is 5.39 Å². The summed E-state index contributed by atoms with van der Waals surface area (Å²) in [5.74, 6) is 6.52. The molecule has 1 atom stereocenters. The van der Waals surface area contributed by atoms with Crippen molar-refractivity contribution >= 4 is 27.5 Å². The highest BCUT2D eigenvalue weighted by Crippen LogP contribution is 2.42. The molecule has 0 fully saturated rings. The van der Waals surface area contributed by atoms with E-state index in [0.717, 1.165) is 29.5 Å². The number of anilines is 1. The highest BCUT2D eigenvalue weighted by molar-refractivity contribution is 7.18. The molecule has 5 nitrogen and oxygen atoms in total. The maximum Gasteiger partial charge on any atom is 0.263 e. The van der Waals surface area contributed by atoms with Gasteiger partial charge in [-0.15, -0.1) is 11.3 Å². The standard InChI is InChI=1S/C15H22N4OS/c1-15(2,3)8-5-6-9-10(7-8)21-12-11(9)13(20)19(4)14(17-12)18-16/h8H,5-7,16H2,1-4H3,(H,17,18)/t8-/m0/s1. The van der Waals surface area contributed by atoms with Crippen LogP contribution in [0, 0.1) is 11.3 Å². The third-order valence-corrected chi connectivity index (χ3v) is 5.79. The van der Waals surface area contributed by atoms with Gasteiger partial charge in [-0.25, -0.2) is 10.8 Å². The van der Waals surface area contributed by atoms with E-state index in [1.165, 1.54) is 15.0 Å². The Kier molecular flexibility index (Phi) is 3.33. The summed E-state index contributed by atoms with van der Waals surface area (Å²) in [5.41, 5.74) is 4.02. The van der Waals surface area contributed by atoms with Crippen molar-refractivity contribution in [1.29, 1.82) is 0 Å². The fraction of sp³-hybridized carbons (Fsp3) is 0.600. The molecule has 0 saturated heterocycles. The van der Waals surface area contributed by atoms with Crippen molar-refractivity contribution in [3.63, 3.8) is 0 Å². The summed E-state index contributed by atoms with van der Waals surface area (Å²) >= 11 is 1.65. The lowest BCUT2D eigenvalue weighted by Gasteiger charge is -2.33. The second kappa shape index (κ2) is 4.81. The van der Waals surface area contributed by atoms with Crippen molar-refractivity contribution in [3.05, 3.63) is 20.8 Å². The predicted molar refractivity (Wildman–Crippen MR) is 87.6 cm³/mol. The summed E-state index contributed by atoms with van der Waals surface area (Å²) in [5, 5.41) is 0.795. The first-order chi connectivity index (χ1) is 9.82. The smallest absolute Gasteiger partial charge is 0.263 e. The zero-order chi connectivity index (χ0) is 15.4. The summed E-state index contributed by atoms with van der Waals surface area (Å²) in [4.78, 5) is 19.2. The van der Waals surface area contributed by atoms with Crippen molar-refractivity contribution in [2.24, 2.45) is 24.2 Å². The zero-order valence-corrected chi connectivity index (χ0v) is 13.8. The van der Waals surface area contributed by atoms with Gasteiger partial charge in [-0.3, -0.25) is 14.8 Å². The summed E-state index contributed by atoms with van der Waals surface area (Å²) in [6.07, 6.45) is 3.17. The topological polar surface area (TPSA) is 72.9 Å². The average molecular weight is 306 g/mol. The summed E-state index contributed by atoms with van der Waals surface area (Å²) in [6.45, 7) is 6.89. The molecule has 0 saturated carbocycles. The van der Waals surface area contributed by atoms with Crippen LogP contribution in [0.3, 0.4) is 0 Å². The first kappa shape index (κ1) is 14.5. The van der Waals surface area contributed by atoms with Crippen LogP contribution >= 0.6 is 11.3 Å². The van der Waals surface area contributed by atoms with E-state index in [4.69, 9.17) is 5.84 Å². The van der Waals surface area contributed by atoms with Gasteiger partial charge in [0, 0.05) is 11.9 Å². The van der Waals surface area contributed by atoms with Crippen LogP contribution in [0.2, 0.25) is 0 Å². The number of hydrogen-bond acceptors (Lipinski definition) is 5. The van der Waals surface area contributed by atoms with Crippen molar-refractivity contribution in [3.8, 4) is 0 Å². The molecule has 0 aliphatic heterocycles. The number of rotatable bonds is 1. The van der Waals surface area contributed by atoms with Crippen molar-refractivity contribution < 1.29 is 0 Å². The fourth-order valence-corrected chi connectivity index (χ4v) is 4.46. The second-order valence-electron chi connectivity index (χ2n) is 6.93. The quantitative estimate of drug-likeness (QED) is 0.627. The van der Waals surface area contributed by atoms with Gasteiger partial charge in [-0.2, -0.15) is 0 Å². The summed E-state index contributed by atoms with van der Waals surface area (Å²) < 4.78 is 1.49. The summed E-state index contributed by atoms with van der Waals surface area (Å²) in [7, 11) is 1.70. The van der Waals surface area contributed by atoms with Crippen LogP contribution < -0.4 is 16.8 Å². The number of nitrogens with one attached hydrogen (secondary N) is 1. The Morgan fingerprint density at radius 1 is 1.43 bits per heavy atom. The Bertz CT molecular complexity index is 754. The van der Waals surface area contributed by atoms with Crippen LogP contribution in [0.4, 0.5) is 5.95 Å². The summed E-state index contributed by atoms with van der Waals surface area (Å²) in [6, 6.07) is 0. The highest BCUT2D eigenvalue weighted by atomic mass is 32.1. The minimum Gasteiger partial charge on any atom is -0.294 e. The number of hydrogen-bond donors (Lipinski definition) is 2. The molecule has 3 N–H and O–H groups in total. The third kappa shape index (κ3) is 2.26. The van der Waals surface area contributed by atoms with Crippen LogP contribution in [0.5, 0.6) is 0 Å². The number of aromatic nitrogens is 2. The second-order valence-corrected chi connectivity index (χ2v) is 8.02. The molecule has 6 heteroatoms. The van der Waals surface area contributed by atoms with E-state index in [0.29, 0.717) is 17.3 Å². The maximum absolute atomic E-state index is 12.6. The molecule has 0 aromatic carbocycles. The molecule has 0 amide bonds. The van der Waals surface area contributed by atoms with Gasteiger partial charge < -0.3 is 0 Å². The first-order valence-corrected chi connectivity index (χ1v) is 8.12. The van der Waals surface area contributed by atoms with Gasteiger partial charge in [-0.1, -0.05) is 20.8 Å². The van der Waals surface area contributed by atoms with Crippen LogP contribution in [0.1, 0.15) is 37.6 Å². The van der Waals surface area contributed by atoms with E-state index in [9.17, 15) is 4.79 Å². The molecular formula is C15H22N4OS. The molecule has 2 heterocycles. The lowest BCUT2D eigenvalue weighted by atomic mass is 9.72. The lowest BCUT2D eigenvalue weighted by molar-refractivity contribution is 0.218. The Morgan fingerprint density at radius 2 is 2.14 bits per heavy atom. The number of nitrogens with two attached hydrogens (primary N) is 1. The molecule has 0 unspecified atom stereocenters. The molecule has 2 aromatic heterocycles. The monoisotopic (exact) mass is 306 g/mol. The van der Waals surface area contributed by atoms with E-state index in [1.807, 2.05) is 0 Å². The van der Waals surface area contributed by atoms with E-state index in [2.05, 4.69) is 31.2 Å². The van der Waals surface area contributed by atoms with Gasteiger partial charge in [0.15, 0.2) is 0 Å². The molecule has 1 aliphatic carbocycles. The Morgan fingerprint density at radius 3 is 2.76 bits per heavy atom. The fourth-order valence-electron chi connectivity index (χ4n) is 3.17. The molecule has 114 valence electrons. The molecule has 3 rings (SSSR count). The van der Waals surface area contributed by atoms with Crippen LogP contribution in [-0.4, -0.2) is 9.55 Å². The van der Waals surface area contributed by atoms with E-state index in [-0.39, 0.29) is 5.56 Å². The highest BCUT2D eigenvalue weighted by Gasteiger charge is 2.31. The van der Waals surface area contributed by atoms with E-state index >= 15 is 0 Å². The maximum atomic E-state index is 12.6. The SMILES string of the molecule is Cn1c(NN)nc2sc3c(c2c1=O)CC[C@H](C(C)(C)C)C3. The minimum absolute atomic E-state index is 0.000316. The molecule has 21 heavy (non-hydrogen) atoms. The first-order valence-electron chi connectivity index (χ1n) is 7.30. The van der Waals surface area contributed by atoms with E-state index < -0.39 is 0 Å². The van der Waals surface area contributed by atoms with Crippen LogP contribution in [-0.2, 0) is 19.9 Å². The number of hydrazine groups is 1. The van der Waals surface area contributed by atoms with Crippen molar-refractivity contribution in [2.75, 3.05) is 5.43 Å². The molecule has 1 aliphatic rings. The normalized spacial score (nSPS) is 18.8. The average Bonchev–Trinajstić information content (AvgIpc) is 2.79. The van der Waals surface area contributed by atoms with E-state index in [1.54, 1.807) is 18.4 Å². The third-order valence-electron chi connectivity index (χ3n) is 4.64. The van der Waals surface area contributed by atoms with Crippen LogP contribution in [0.25, 0.3) is 10.2 Å². The predicted octanol–water partition coefficient (Wildman–Crippen LogP) is 2.43. The molecule has 2 aromatic rings. The van der Waals surface area contributed by atoms with Crippen LogP contribution in [0.15, 0.2) is 4.79 Å². The van der Waals surface area contributed by atoms with Gasteiger partial charge in [0.1, 0.15) is 4.83 Å². The number of aryl methyl sites for hydroxylation is 1. The van der Waals surface area contributed by atoms with Gasteiger partial charge in [0.25, 0.3) is 5.56 Å². The number of nitrogens with zero attached hydrogens (tertiary/aromatic N) is 2. The minimum atomic E-state index is -0.000316. The van der Waals surface area contributed by atoms with Gasteiger partial charge in [-0.05, 0) is 36.2 Å². The molecule has 0 radical (unpaired) electrons. The Labute approximate surface area is 128 Å². The molecule has 0 bridgehead atoms.